The molecule has 2 fully saturated rings. The van der Waals surface area contributed by atoms with Gasteiger partial charge >= 0.3 is 0 Å². The van der Waals surface area contributed by atoms with Gasteiger partial charge in [-0.3, -0.25) is 4.79 Å². The predicted octanol–water partition coefficient (Wildman–Crippen LogP) is 0.535. The third-order valence-electron chi connectivity index (χ3n) is 4.41. The molecule has 2 atom stereocenters. The third-order valence-corrected chi connectivity index (χ3v) is 4.41. The van der Waals surface area contributed by atoms with Crippen LogP contribution in [0, 0.1) is 5.41 Å². The van der Waals surface area contributed by atoms with Crippen molar-refractivity contribution < 1.29 is 9.90 Å². The third kappa shape index (κ3) is 1.96. The molecule has 2 aliphatic carbocycles. The van der Waals surface area contributed by atoms with Crippen LogP contribution < -0.4 is 11.1 Å². The zero-order chi connectivity index (χ0) is 11.8. The van der Waals surface area contributed by atoms with Crippen LogP contribution in [0.2, 0.25) is 0 Å². The summed E-state index contributed by atoms with van der Waals surface area (Å²) < 4.78 is 0. The molecule has 92 valence electrons. The molecule has 16 heavy (non-hydrogen) atoms. The van der Waals surface area contributed by atoms with Gasteiger partial charge in [0.1, 0.15) is 0 Å². The summed E-state index contributed by atoms with van der Waals surface area (Å²) in [4.78, 5) is 12.1. The fourth-order valence-electron chi connectivity index (χ4n) is 2.68. The maximum atomic E-state index is 12.1. The van der Waals surface area contributed by atoms with Gasteiger partial charge in [-0.2, -0.15) is 0 Å². The maximum absolute atomic E-state index is 12.1. The van der Waals surface area contributed by atoms with E-state index in [1.807, 2.05) is 6.92 Å². The van der Waals surface area contributed by atoms with E-state index in [4.69, 9.17) is 5.73 Å². The summed E-state index contributed by atoms with van der Waals surface area (Å²) in [5.41, 5.74) is 4.90. The van der Waals surface area contributed by atoms with Gasteiger partial charge in [0.2, 0.25) is 5.91 Å². The lowest BCUT2D eigenvalue weighted by Gasteiger charge is -2.38. The number of hydrogen-bond acceptors (Lipinski definition) is 3. The fourth-order valence-corrected chi connectivity index (χ4v) is 2.68. The predicted molar refractivity (Wildman–Crippen MR) is 61.7 cm³/mol. The number of nitrogens with two attached hydrogens (primary N) is 1. The first kappa shape index (κ1) is 11.9. The fraction of sp³-hybridized carbons (Fsp3) is 0.917. The molecule has 2 aliphatic rings. The van der Waals surface area contributed by atoms with E-state index < -0.39 is 11.0 Å². The van der Waals surface area contributed by atoms with Gasteiger partial charge in [-0.1, -0.05) is 6.42 Å². The first-order valence-corrected chi connectivity index (χ1v) is 6.23. The Hall–Kier alpha value is -0.610. The number of aliphatic hydroxyl groups is 1. The molecule has 0 aromatic rings. The Morgan fingerprint density at radius 1 is 1.44 bits per heavy atom. The van der Waals surface area contributed by atoms with Crippen LogP contribution in [-0.2, 0) is 4.79 Å². The molecule has 2 rings (SSSR count). The van der Waals surface area contributed by atoms with Gasteiger partial charge in [0.15, 0.2) is 0 Å². The van der Waals surface area contributed by atoms with Crippen LogP contribution in [0.15, 0.2) is 0 Å². The SMILES string of the molecule is CC1(C(=O)NCC2(O)CCC2)CCCC1N. The van der Waals surface area contributed by atoms with Crippen molar-refractivity contribution in [3.63, 3.8) is 0 Å². The van der Waals surface area contributed by atoms with E-state index in [1.165, 1.54) is 0 Å². The topological polar surface area (TPSA) is 75.3 Å². The highest BCUT2D eigenvalue weighted by Crippen LogP contribution is 2.37. The Kier molecular flexibility index (Phi) is 2.97. The standard InChI is InChI=1S/C12H22N2O2/c1-11(5-2-4-9(11)13)10(15)14-8-12(16)6-3-7-12/h9,16H,2-8,13H2,1H3,(H,14,15). The number of nitrogens with one attached hydrogen (secondary N) is 1. The second-order valence-electron chi connectivity index (χ2n) is 5.68. The zero-order valence-corrected chi connectivity index (χ0v) is 9.96. The Morgan fingerprint density at radius 2 is 2.12 bits per heavy atom. The van der Waals surface area contributed by atoms with E-state index in [1.54, 1.807) is 0 Å². The number of amides is 1. The van der Waals surface area contributed by atoms with Gasteiger partial charge < -0.3 is 16.2 Å². The highest BCUT2D eigenvalue weighted by Gasteiger charge is 2.44. The monoisotopic (exact) mass is 226 g/mol. The summed E-state index contributed by atoms with van der Waals surface area (Å²) in [5.74, 6) is 0.0119. The normalized spacial score (nSPS) is 36.8. The van der Waals surface area contributed by atoms with Crippen molar-refractivity contribution in [1.29, 1.82) is 0 Å². The van der Waals surface area contributed by atoms with Crippen molar-refractivity contribution >= 4 is 5.91 Å². The van der Waals surface area contributed by atoms with Crippen molar-refractivity contribution in [1.82, 2.24) is 5.32 Å². The van der Waals surface area contributed by atoms with E-state index in [0.717, 1.165) is 38.5 Å². The lowest BCUT2D eigenvalue weighted by molar-refractivity contribution is -0.132. The first-order valence-electron chi connectivity index (χ1n) is 6.23. The first-order chi connectivity index (χ1) is 7.46. The van der Waals surface area contributed by atoms with E-state index >= 15 is 0 Å². The average molecular weight is 226 g/mol. The molecule has 1 amide bonds. The smallest absolute Gasteiger partial charge is 0.227 e. The van der Waals surface area contributed by atoms with Gasteiger partial charge in [0.25, 0.3) is 0 Å². The summed E-state index contributed by atoms with van der Waals surface area (Å²) in [6.07, 6.45) is 5.47. The zero-order valence-electron chi connectivity index (χ0n) is 9.96. The Labute approximate surface area is 96.6 Å². The molecule has 0 spiro atoms. The molecule has 2 saturated carbocycles. The Balaban J connectivity index is 1.87. The average Bonchev–Trinajstić information content (AvgIpc) is 2.54. The van der Waals surface area contributed by atoms with Crippen molar-refractivity contribution in [2.75, 3.05) is 6.54 Å². The molecular formula is C12H22N2O2. The molecule has 0 radical (unpaired) electrons. The lowest BCUT2D eigenvalue weighted by Crippen LogP contribution is -2.53. The number of rotatable bonds is 3. The number of carbonyl (C=O) groups is 1. The van der Waals surface area contributed by atoms with E-state index in [2.05, 4.69) is 5.32 Å². The maximum Gasteiger partial charge on any atom is 0.227 e. The van der Waals surface area contributed by atoms with E-state index in [0.29, 0.717) is 6.54 Å². The second kappa shape index (κ2) is 4.00. The summed E-state index contributed by atoms with van der Waals surface area (Å²) in [7, 11) is 0. The van der Waals surface area contributed by atoms with E-state index in [-0.39, 0.29) is 11.9 Å². The van der Waals surface area contributed by atoms with Crippen LogP contribution in [-0.4, -0.2) is 29.2 Å². The lowest BCUT2D eigenvalue weighted by atomic mass is 9.79. The molecule has 0 aromatic heterocycles. The van der Waals surface area contributed by atoms with Crippen molar-refractivity contribution in [2.45, 2.75) is 57.1 Å². The molecule has 4 nitrogen and oxygen atoms in total. The molecule has 0 saturated heterocycles. The minimum atomic E-state index is -0.644. The van der Waals surface area contributed by atoms with Crippen LogP contribution >= 0.6 is 0 Å². The van der Waals surface area contributed by atoms with Crippen LogP contribution in [0.5, 0.6) is 0 Å². The quantitative estimate of drug-likeness (QED) is 0.657. The summed E-state index contributed by atoms with van der Waals surface area (Å²) in [6.45, 7) is 2.32. The molecular weight excluding hydrogens is 204 g/mol. The second-order valence-corrected chi connectivity index (χ2v) is 5.68. The molecule has 0 heterocycles. The Bertz CT molecular complexity index is 289. The molecule has 0 aliphatic heterocycles. The van der Waals surface area contributed by atoms with Crippen molar-refractivity contribution in [3.8, 4) is 0 Å². The van der Waals surface area contributed by atoms with Gasteiger partial charge in [0, 0.05) is 12.6 Å². The summed E-state index contributed by atoms with van der Waals surface area (Å²) >= 11 is 0. The van der Waals surface area contributed by atoms with Crippen molar-refractivity contribution in [2.24, 2.45) is 11.1 Å². The molecule has 0 aromatic carbocycles. The summed E-state index contributed by atoms with van der Waals surface area (Å²) in [6, 6.07) is -0.0384. The van der Waals surface area contributed by atoms with Gasteiger partial charge in [-0.15, -0.1) is 0 Å². The van der Waals surface area contributed by atoms with Gasteiger partial charge in [-0.25, -0.2) is 0 Å². The highest BCUT2D eigenvalue weighted by molar-refractivity contribution is 5.83. The van der Waals surface area contributed by atoms with Gasteiger partial charge in [-0.05, 0) is 39.0 Å². The van der Waals surface area contributed by atoms with Crippen LogP contribution in [0.1, 0.15) is 45.4 Å². The number of hydrogen-bond donors (Lipinski definition) is 3. The summed E-state index contributed by atoms with van der Waals surface area (Å²) in [5, 5.41) is 12.8. The number of carbonyl (C=O) groups excluding carboxylic acids is 1. The van der Waals surface area contributed by atoms with Crippen molar-refractivity contribution in [3.05, 3.63) is 0 Å². The van der Waals surface area contributed by atoms with Gasteiger partial charge in [0.05, 0.1) is 11.0 Å². The molecule has 4 heteroatoms. The van der Waals surface area contributed by atoms with Crippen LogP contribution in [0.25, 0.3) is 0 Å². The van der Waals surface area contributed by atoms with E-state index in [9.17, 15) is 9.90 Å². The van der Waals surface area contributed by atoms with Crippen LogP contribution in [0.3, 0.4) is 0 Å². The minimum Gasteiger partial charge on any atom is -0.388 e. The molecule has 2 unspecified atom stereocenters. The minimum absolute atomic E-state index is 0.0119. The van der Waals surface area contributed by atoms with Crippen LogP contribution in [0.4, 0.5) is 0 Å². The highest BCUT2D eigenvalue weighted by atomic mass is 16.3. The largest absolute Gasteiger partial charge is 0.388 e. The molecule has 0 bridgehead atoms. The molecule has 4 N–H and O–H groups in total. The Morgan fingerprint density at radius 3 is 2.56 bits per heavy atom.